The molecule has 0 radical (unpaired) electrons. The lowest BCUT2D eigenvalue weighted by Crippen LogP contribution is -2.47. The summed E-state index contributed by atoms with van der Waals surface area (Å²) in [5.74, 6) is 3.18. The molecule has 2 aliphatic heterocycles. The lowest BCUT2D eigenvalue weighted by atomic mass is 9.91. The van der Waals surface area contributed by atoms with E-state index in [9.17, 15) is 4.79 Å². The Morgan fingerprint density at radius 3 is 2.19 bits per heavy atom. The maximum atomic E-state index is 13.5. The summed E-state index contributed by atoms with van der Waals surface area (Å²) < 4.78 is 0. The summed E-state index contributed by atoms with van der Waals surface area (Å²) in [6.45, 7) is 9.68. The van der Waals surface area contributed by atoms with Crippen molar-refractivity contribution >= 4 is 28.3 Å². The SMILES string of the molecule is CC1CC(C)CN(C(=O)c2cnc(N3CCN(c4ccccn4)CC3)c3ccccc23)C1. The normalized spacial score (nSPS) is 21.8. The van der Waals surface area contributed by atoms with Crippen LogP contribution in [0.4, 0.5) is 11.6 Å². The van der Waals surface area contributed by atoms with E-state index in [1.165, 1.54) is 6.42 Å². The molecule has 1 amide bonds. The maximum Gasteiger partial charge on any atom is 0.256 e. The number of anilines is 2. The van der Waals surface area contributed by atoms with Gasteiger partial charge in [-0.2, -0.15) is 0 Å². The minimum atomic E-state index is 0.110. The van der Waals surface area contributed by atoms with Crippen molar-refractivity contribution in [3.63, 3.8) is 0 Å². The van der Waals surface area contributed by atoms with Crippen LogP contribution in [0, 0.1) is 11.8 Å². The molecule has 0 N–H and O–H groups in total. The Morgan fingerprint density at radius 1 is 0.844 bits per heavy atom. The van der Waals surface area contributed by atoms with Gasteiger partial charge in [0.15, 0.2) is 0 Å². The van der Waals surface area contributed by atoms with E-state index < -0.39 is 0 Å². The van der Waals surface area contributed by atoms with Crippen molar-refractivity contribution in [1.29, 1.82) is 0 Å². The first-order valence-electron chi connectivity index (χ1n) is 11.7. The summed E-state index contributed by atoms with van der Waals surface area (Å²) in [5, 5.41) is 2.06. The van der Waals surface area contributed by atoms with Crippen LogP contribution in [0.3, 0.4) is 0 Å². The molecule has 6 heteroatoms. The second-order valence-corrected chi connectivity index (χ2v) is 9.36. The number of hydrogen-bond acceptors (Lipinski definition) is 5. The zero-order valence-corrected chi connectivity index (χ0v) is 18.9. The van der Waals surface area contributed by atoms with E-state index in [1.807, 2.05) is 35.4 Å². The topological polar surface area (TPSA) is 52.6 Å². The number of nitrogens with zero attached hydrogens (tertiary/aromatic N) is 5. The molecule has 1 aromatic carbocycles. The van der Waals surface area contributed by atoms with Gasteiger partial charge in [0.1, 0.15) is 11.6 Å². The van der Waals surface area contributed by atoms with Gasteiger partial charge in [0.2, 0.25) is 0 Å². The molecule has 5 rings (SSSR count). The van der Waals surface area contributed by atoms with E-state index in [4.69, 9.17) is 4.98 Å². The van der Waals surface area contributed by atoms with Gasteiger partial charge in [0.05, 0.1) is 5.56 Å². The van der Waals surface area contributed by atoms with Gasteiger partial charge in [-0.25, -0.2) is 9.97 Å². The molecule has 2 atom stereocenters. The molecule has 2 saturated heterocycles. The van der Waals surface area contributed by atoms with Gasteiger partial charge in [-0.15, -0.1) is 0 Å². The van der Waals surface area contributed by atoms with Crippen molar-refractivity contribution in [3.8, 4) is 0 Å². The third-order valence-corrected chi connectivity index (χ3v) is 6.71. The zero-order chi connectivity index (χ0) is 22.1. The van der Waals surface area contributed by atoms with Crippen molar-refractivity contribution in [2.75, 3.05) is 49.1 Å². The average molecular weight is 430 g/mol. The smallest absolute Gasteiger partial charge is 0.256 e. The lowest BCUT2D eigenvalue weighted by Gasteiger charge is -2.37. The van der Waals surface area contributed by atoms with Crippen molar-refractivity contribution in [2.24, 2.45) is 11.8 Å². The molecule has 2 aliphatic rings. The van der Waals surface area contributed by atoms with Crippen LogP contribution in [0.5, 0.6) is 0 Å². The quantitative estimate of drug-likeness (QED) is 0.628. The second-order valence-electron chi connectivity index (χ2n) is 9.36. The predicted octanol–water partition coefficient (Wildman–Crippen LogP) is 4.07. The first-order chi connectivity index (χ1) is 15.6. The fraction of sp³-hybridized carbons (Fsp3) is 0.423. The van der Waals surface area contributed by atoms with Gasteiger partial charge < -0.3 is 14.7 Å². The summed E-state index contributed by atoms with van der Waals surface area (Å²) >= 11 is 0. The zero-order valence-electron chi connectivity index (χ0n) is 18.9. The Labute approximate surface area is 189 Å². The third kappa shape index (κ3) is 4.01. The minimum Gasteiger partial charge on any atom is -0.353 e. The highest BCUT2D eigenvalue weighted by Crippen LogP contribution is 2.30. The Bertz CT molecular complexity index is 1080. The Hall–Kier alpha value is -3.15. The summed E-state index contributed by atoms with van der Waals surface area (Å²) in [6.07, 6.45) is 4.83. The number of pyridine rings is 2. The minimum absolute atomic E-state index is 0.110. The summed E-state index contributed by atoms with van der Waals surface area (Å²) in [6, 6.07) is 14.3. The molecule has 2 fully saturated rings. The number of rotatable bonds is 3. The molecular weight excluding hydrogens is 398 g/mol. The largest absolute Gasteiger partial charge is 0.353 e. The first-order valence-corrected chi connectivity index (χ1v) is 11.7. The molecule has 32 heavy (non-hydrogen) atoms. The molecule has 0 saturated carbocycles. The molecular formula is C26H31N5O. The molecule has 6 nitrogen and oxygen atoms in total. The van der Waals surface area contributed by atoms with Gasteiger partial charge in [-0.3, -0.25) is 4.79 Å². The molecule has 0 bridgehead atoms. The van der Waals surface area contributed by atoms with Crippen LogP contribution in [-0.2, 0) is 0 Å². The van der Waals surface area contributed by atoms with Crippen LogP contribution >= 0.6 is 0 Å². The number of fused-ring (bicyclic) bond motifs is 1. The van der Waals surface area contributed by atoms with E-state index >= 15 is 0 Å². The Balaban J connectivity index is 1.40. The number of aromatic nitrogens is 2. The van der Waals surface area contributed by atoms with E-state index in [-0.39, 0.29) is 5.91 Å². The van der Waals surface area contributed by atoms with E-state index in [0.29, 0.717) is 11.8 Å². The lowest BCUT2D eigenvalue weighted by molar-refractivity contribution is 0.0625. The highest BCUT2D eigenvalue weighted by Gasteiger charge is 2.28. The summed E-state index contributed by atoms with van der Waals surface area (Å²) in [7, 11) is 0. The number of benzene rings is 1. The van der Waals surface area contributed by atoms with Gasteiger partial charge in [0, 0.05) is 57.0 Å². The number of piperidine rings is 1. The highest BCUT2D eigenvalue weighted by molar-refractivity contribution is 6.09. The second kappa shape index (κ2) is 8.77. The van der Waals surface area contributed by atoms with E-state index in [0.717, 1.165) is 67.2 Å². The standard InChI is InChI=1S/C26H31N5O/c1-19-15-20(2)18-31(17-19)26(32)23-16-28-25(22-8-4-3-7-21(22)23)30-13-11-29(12-14-30)24-9-5-6-10-27-24/h3-10,16,19-20H,11-15,17-18H2,1-2H3. The van der Waals surface area contributed by atoms with Crippen molar-refractivity contribution in [1.82, 2.24) is 14.9 Å². The predicted molar refractivity (Wildman–Crippen MR) is 129 cm³/mol. The maximum absolute atomic E-state index is 13.5. The number of piperazine rings is 1. The monoisotopic (exact) mass is 429 g/mol. The number of carbonyl (C=O) groups excluding carboxylic acids is 1. The number of carbonyl (C=O) groups is 1. The van der Waals surface area contributed by atoms with Crippen LogP contribution in [-0.4, -0.2) is 60.0 Å². The molecule has 2 unspecified atom stereocenters. The Kier molecular flexibility index (Phi) is 5.68. The molecule has 4 heterocycles. The van der Waals surface area contributed by atoms with Gasteiger partial charge >= 0.3 is 0 Å². The highest BCUT2D eigenvalue weighted by atomic mass is 16.2. The fourth-order valence-electron chi connectivity index (χ4n) is 5.29. The Morgan fingerprint density at radius 2 is 1.50 bits per heavy atom. The van der Waals surface area contributed by atoms with Crippen LogP contribution in [0.2, 0.25) is 0 Å². The van der Waals surface area contributed by atoms with Crippen LogP contribution in [0.1, 0.15) is 30.6 Å². The third-order valence-electron chi connectivity index (χ3n) is 6.71. The molecule has 166 valence electrons. The van der Waals surface area contributed by atoms with Crippen molar-refractivity contribution in [2.45, 2.75) is 20.3 Å². The molecule has 0 spiro atoms. The number of amides is 1. The van der Waals surface area contributed by atoms with Crippen molar-refractivity contribution in [3.05, 3.63) is 60.4 Å². The number of likely N-dealkylation sites (tertiary alicyclic amines) is 1. The van der Waals surface area contributed by atoms with Crippen LogP contribution in [0.15, 0.2) is 54.9 Å². The summed E-state index contributed by atoms with van der Waals surface area (Å²) in [5.41, 5.74) is 0.720. The summed E-state index contributed by atoms with van der Waals surface area (Å²) in [4.78, 5) is 29.4. The molecule has 0 aliphatic carbocycles. The average Bonchev–Trinajstić information content (AvgIpc) is 2.83. The van der Waals surface area contributed by atoms with Gasteiger partial charge in [-0.05, 0) is 35.8 Å². The molecule has 3 aromatic rings. The molecule has 2 aromatic heterocycles. The first kappa shape index (κ1) is 20.7. The van der Waals surface area contributed by atoms with E-state index in [2.05, 4.69) is 46.8 Å². The van der Waals surface area contributed by atoms with Gasteiger partial charge in [-0.1, -0.05) is 44.2 Å². The van der Waals surface area contributed by atoms with Gasteiger partial charge in [0.25, 0.3) is 5.91 Å². The number of hydrogen-bond donors (Lipinski definition) is 0. The van der Waals surface area contributed by atoms with Crippen LogP contribution in [0.25, 0.3) is 10.8 Å². The fourth-order valence-corrected chi connectivity index (χ4v) is 5.29. The van der Waals surface area contributed by atoms with E-state index in [1.54, 1.807) is 6.20 Å². The van der Waals surface area contributed by atoms with Crippen molar-refractivity contribution < 1.29 is 4.79 Å². The van der Waals surface area contributed by atoms with Crippen LogP contribution < -0.4 is 9.80 Å².